The highest BCUT2D eigenvalue weighted by Gasteiger charge is 2.26. The van der Waals surface area contributed by atoms with E-state index in [0.29, 0.717) is 17.2 Å². The number of aromatic nitrogens is 5. The van der Waals surface area contributed by atoms with Gasteiger partial charge in [0, 0.05) is 42.5 Å². The third-order valence-corrected chi connectivity index (χ3v) is 5.46. The largest absolute Gasteiger partial charge is 0.507 e. The molecule has 1 aliphatic rings. The Morgan fingerprint density at radius 3 is 2.43 bits per heavy atom. The summed E-state index contributed by atoms with van der Waals surface area (Å²) in [5.41, 5.74) is 6.59. The molecule has 0 bridgehead atoms. The van der Waals surface area contributed by atoms with Gasteiger partial charge in [0.25, 0.3) is 0 Å². The fourth-order valence-corrected chi connectivity index (χ4v) is 3.91. The van der Waals surface area contributed by atoms with Gasteiger partial charge in [-0.05, 0) is 45.2 Å². The lowest BCUT2D eigenvalue weighted by Crippen LogP contribution is -2.42. The molecule has 1 fully saturated rings. The fraction of sp³-hybridized carbons (Fsp3) is 0.273. The summed E-state index contributed by atoms with van der Waals surface area (Å²) < 4.78 is 1.97. The monoisotopic (exact) mass is 422 g/mol. The second-order valence-corrected chi connectivity index (χ2v) is 7.82. The van der Waals surface area contributed by atoms with Gasteiger partial charge in [-0.25, -0.2) is 9.97 Å². The Labute approximate surface area is 180 Å². The van der Waals surface area contributed by atoms with E-state index in [2.05, 4.69) is 32.1 Å². The zero-order valence-electron chi connectivity index (χ0n) is 17.1. The number of likely N-dealkylation sites (N-methyl/N-ethyl adjacent to an activating group) is 1. The maximum Gasteiger partial charge on any atom is 0.158 e. The maximum absolute atomic E-state index is 10.6. The average molecular weight is 423 g/mol. The van der Waals surface area contributed by atoms with Crippen molar-refractivity contribution in [3.63, 3.8) is 0 Å². The van der Waals surface area contributed by atoms with Crippen molar-refractivity contribution in [3.8, 4) is 28.3 Å². The first-order chi connectivity index (χ1) is 14.0. The van der Waals surface area contributed by atoms with Crippen molar-refractivity contribution in [2.24, 2.45) is 0 Å². The molecule has 7 nitrogen and oxygen atoms in total. The minimum atomic E-state index is 0. The quantitative estimate of drug-likeness (QED) is 0.543. The lowest BCUT2D eigenvalue weighted by atomic mass is 9.96. The van der Waals surface area contributed by atoms with Gasteiger partial charge in [-0.3, -0.25) is 0 Å². The number of aromatic hydroxyl groups is 1. The van der Waals surface area contributed by atoms with Crippen LogP contribution in [0.3, 0.4) is 0 Å². The number of rotatable bonds is 3. The van der Waals surface area contributed by atoms with Gasteiger partial charge < -0.3 is 14.4 Å². The van der Waals surface area contributed by atoms with Crippen LogP contribution in [0.4, 0.5) is 0 Å². The van der Waals surface area contributed by atoms with E-state index in [1.807, 2.05) is 54.9 Å². The van der Waals surface area contributed by atoms with Crippen LogP contribution in [0.15, 0.2) is 42.7 Å². The Balaban J connectivity index is 0.00000218. The molecule has 0 spiro atoms. The maximum atomic E-state index is 10.6. The minimum Gasteiger partial charge on any atom is -0.507 e. The lowest BCUT2D eigenvalue weighted by Gasteiger charge is -2.35. The summed E-state index contributed by atoms with van der Waals surface area (Å²) in [6.45, 7) is 5.93. The van der Waals surface area contributed by atoms with Crippen LogP contribution in [0.1, 0.15) is 23.0 Å². The predicted molar refractivity (Wildman–Crippen MR) is 118 cm³/mol. The number of hydrogen-bond acceptors (Lipinski definition) is 6. The molecule has 30 heavy (non-hydrogen) atoms. The zero-order valence-corrected chi connectivity index (χ0v) is 17.9. The molecule has 4 aromatic rings. The SMILES string of the molecule is Cc1cn2cc(-c3ccc(-c4ccc(C5CN(C)C5)nn4)c(O)c3)nc(C)c2n1.Cl. The van der Waals surface area contributed by atoms with Crippen molar-refractivity contribution in [1.29, 1.82) is 0 Å². The topological polar surface area (TPSA) is 79.4 Å². The summed E-state index contributed by atoms with van der Waals surface area (Å²) in [6, 6.07) is 9.48. The molecule has 0 amide bonds. The van der Waals surface area contributed by atoms with Gasteiger partial charge >= 0.3 is 0 Å². The van der Waals surface area contributed by atoms with E-state index in [1.165, 1.54) is 0 Å². The molecule has 5 rings (SSSR count). The lowest BCUT2D eigenvalue weighted by molar-refractivity contribution is 0.186. The van der Waals surface area contributed by atoms with Crippen LogP contribution in [0, 0.1) is 13.8 Å². The molecule has 0 unspecified atom stereocenters. The van der Waals surface area contributed by atoms with Crippen LogP contribution in [-0.2, 0) is 0 Å². The summed E-state index contributed by atoms with van der Waals surface area (Å²) in [5, 5.41) is 19.4. The summed E-state index contributed by atoms with van der Waals surface area (Å²) >= 11 is 0. The number of fused-ring (bicyclic) bond motifs is 1. The van der Waals surface area contributed by atoms with Crippen LogP contribution < -0.4 is 0 Å². The van der Waals surface area contributed by atoms with Crippen LogP contribution >= 0.6 is 12.4 Å². The second-order valence-electron chi connectivity index (χ2n) is 7.82. The highest BCUT2D eigenvalue weighted by molar-refractivity contribution is 5.85. The van der Waals surface area contributed by atoms with Crippen molar-refractivity contribution in [2.75, 3.05) is 20.1 Å². The van der Waals surface area contributed by atoms with E-state index in [1.54, 1.807) is 6.07 Å². The number of phenolic OH excluding ortho intramolecular Hbond substituents is 1. The summed E-state index contributed by atoms with van der Waals surface area (Å²) in [4.78, 5) is 11.4. The van der Waals surface area contributed by atoms with E-state index in [-0.39, 0.29) is 18.2 Å². The second kappa shape index (κ2) is 7.66. The van der Waals surface area contributed by atoms with Crippen molar-refractivity contribution in [3.05, 3.63) is 59.8 Å². The van der Waals surface area contributed by atoms with Crippen LogP contribution in [0.5, 0.6) is 5.75 Å². The Bertz CT molecular complexity index is 1210. The van der Waals surface area contributed by atoms with Gasteiger partial charge in [0.15, 0.2) is 5.65 Å². The molecule has 1 N–H and O–H groups in total. The molecule has 1 aromatic carbocycles. The minimum absolute atomic E-state index is 0. The van der Waals surface area contributed by atoms with Crippen molar-refractivity contribution in [1.82, 2.24) is 29.5 Å². The average Bonchev–Trinajstić information content (AvgIpc) is 3.07. The Hall–Kier alpha value is -3.03. The molecule has 4 heterocycles. The summed E-state index contributed by atoms with van der Waals surface area (Å²) in [7, 11) is 2.10. The van der Waals surface area contributed by atoms with E-state index in [4.69, 9.17) is 0 Å². The molecule has 8 heteroatoms. The summed E-state index contributed by atoms with van der Waals surface area (Å²) in [5.74, 6) is 0.614. The highest BCUT2D eigenvalue weighted by atomic mass is 35.5. The van der Waals surface area contributed by atoms with Gasteiger partial charge in [-0.1, -0.05) is 6.07 Å². The third-order valence-electron chi connectivity index (χ3n) is 5.46. The number of halogens is 1. The van der Waals surface area contributed by atoms with Crippen LogP contribution in [-0.4, -0.2) is 54.7 Å². The normalized spacial score (nSPS) is 14.5. The van der Waals surface area contributed by atoms with Gasteiger partial charge in [0.2, 0.25) is 0 Å². The molecule has 0 radical (unpaired) electrons. The first kappa shape index (κ1) is 20.3. The van der Waals surface area contributed by atoms with Crippen LogP contribution in [0.25, 0.3) is 28.2 Å². The van der Waals surface area contributed by atoms with Gasteiger partial charge in [0.05, 0.1) is 28.5 Å². The Kier molecular flexibility index (Phi) is 5.17. The van der Waals surface area contributed by atoms with Crippen molar-refractivity contribution >= 4 is 18.1 Å². The highest BCUT2D eigenvalue weighted by Crippen LogP contribution is 2.33. The molecule has 3 aromatic heterocycles. The van der Waals surface area contributed by atoms with Crippen molar-refractivity contribution in [2.45, 2.75) is 19.8 Å². The molecule has 1 aliphatic heterocycles. The van der Waals surface area contributed by atoms with Gasteiger partial charge in [-0.15, -0.1) is 12.4 Å². The predicted octanol–water partition coefficient (Wildman–Crippen LogP) is 3.63. The Morgan fingerprint density at radius 2 is 1.77 bits per heavy atom. The van der Waals surface area contributed by atoms with Crippen molar-refractivity contribution < 1.29 is 5.11 Å². The fourth-order valence-electron chi connectivity index (χ4n) is 3.91. The Morgan fingerprint density at radius 1 is 0.967 bits per heavy atom. The smallest absolute Gasteiger partial charge is 0.158 e. The van der Waals surface area contributed by atoms with Crippen LogP contribution in [0.2, 0.25) is 0 Å². The zero-order chi connectivity index (χ0) is 20.1. The standard InChI is InChI=1S/C22H22N6O.ClH/c1-13-9-28-12-20(24-14(2)22(28)23-13)15-4-5-17(21(29)8-15)19-7-6-18(25-26-19)16-10-27(3)11-16;/h4-9,12,16,29H,10-11H2,1-3H3;1H. The van der Waals surface area contributed by atoms with Gasteiger partial charge in [-0.2, -0.15) is 10.2 Å². The number of nitrogens with zero attached hydrogens (tertiary/aromatic N) is 6. The third kappa shape index (κ3) is 3.51. The molecule has 0 atom stereocenters. The molecule has 154 valence electrons. The number of phenols is 1. The molecule has 1 saturated heterocycles. The molecule has 0 aliphatic carbocycles. The number of imidazole rings is 1. The number of hydrogen-bond donors (Lipinski definition) is 1. The summed E-state index contributed by atoms with van der Waals surface area (Å²) in [6.07, 6.45) is 3.90. The first-order valence-electron chi connectivity index (χ1n) is 9.67. The van der Waals surface area contributed by atoms with E-state index < -0.39 is 0 Å². The van der Waals surface area contributed by atoms with E-state index >= 15 is 0 Å². The number of aryl methyl sites for hydroxylation is 2. The molecular formula is C22H23ClN6O. The molecular weight excluding hydrogens is 400 g/mol. The number of likely N-dealkylation sites (tertiary alicyclic amines) is 1. The van der Waals surface area contributed by atoms with E-state index in [9.17, 15) is 5.11 Å². The molecule has 0 saturated carbocycles. The van der Waals surface area contributed by atoms with E-state index in [0.717, 1.165) is 47.1 Å². The number of benzene rings is 1. The van der Waals surface area contributed by atoms with Gasteiger partial charge in [0.1, 0.15) is 5.75 Å². The first-order valence-corrected chi connectivity index (χ1v) is 9.67.